The Morgan fingerprint density at radius 2 is 0.616 bits per heavy atom. The number of ether oxygens (including phenoxy) is 8. The van der Waals surface area contributed by atoms with E-state index in [1.165, 1.54) is 100 Å². The first-order valence-corrected chi connectivity index (χ1v) is 30.1. The minimum absolute atomic E-state index is 0.199. The zero-order valence-electron chi connectivity index (χ0n) is 50.6. The maximum absolute atomic E-state index is 5.57. The van der Waals surface area contributed by atoms with Crippen LogP contribution in [0.4, 0.5) is 0 Å². The summed E-state index contributed by atoms with van der Waals surface area (Å²) in [6.07, 6.45) is 20.5. The van der Waals surface area contributed by atoms with Crippen LogP contribution in [0.3, 0.4) is 0 Å². The average Bonchev–Trinajstić information content (AvgIpc) is 3.72. The zero-order chi connectivity index (χ0) is 60.2. The molecule has 8 nitrogen and oxygen atoms in total. The molecule has 0 amide bonds. The maximum Gasteiger partial charge on any atom is 0.188 e. The van der Waals surface area contributed by atoms with Gasteiger partial charge in [-0.25, -0.2) is 0 Å². The molecule has 0 saturated heterocycles. The number of aryl methyl sites for hydroxylation is 4. The van der Waals surface area contributed by atoms with Crippen molar-refractivity contribution in [2.24, 2.45) is 23.7 Å². The molecule has 2 aliphatic rings. The Kier molecular flexibility index (Phi) is 28.6. The molecule has 2 aliphatic carbocycles. The number of benzene rings is 6. The van der Waals surface area contributed by atoms with Crippen LogP contribution in [-0.2, 0) is 64.0 Å². The molecule has 0 aromatic heterocycles. The largest absolute Gasteiger partial charge is 0.476 e. The molecule has 0 atom stereocenters. The van der Waals surface area contributed by atoms with Gasteiger partial charge < -0.3 is 37.9 Å². The van der Waals surface area contributed by atoms with E-state index in [0.29, 0.717) is 38.6 Å². The van der Waals surface area contributed by atoms with Gasteiger partial charge in [-0.05, 0) is 207 Å². The second kappa shape index (κ2) is 37.8. The van der Waals surface area contributed by atoms with Crippen LogP contribution in [0.1, 0.15) is 142 Å². The van der Waals surface area contributed by atoms with Crippen molar-refractivity contribution in [2.45, 2.75) is 104 Å². The van der Waals surface area contributed by atoms with E-state index in [9.17, 15) is 0 Å². The van der Waals surface area contributed by atoms with Crippen molar-refractivity contribution in [3.63, 3.8) is 0 Å². The summed E-state index contributed by atoms with van der Waals surface area (Å²) in [6.45, 7) is 21.8. The summed E-state index contributed by atoms with van der Waals surface area (Å²) in [5.41, 5.74) is 15.1. The van der Waals surface area contributed by atoms with E-state index in [0.717, 1.165) is 105 Å². The average molecular weight is 1150 g/mol. The molecule has 8 heteroatoms. The zero-order valence-corrected chi connectivity index (χ0v) is 50.6. The molecule has 0 unspecified atom stereocenters. The molecule has 6 aromatic carbocycles. The van der Waals surface area contributed by atoms with Gasteiger partial charge in [0.2, 0.25) is 0 Å². The highest BCUT2D eigenvalue weighted by Crippen LogP contribution is 2.33. The quantitative estimate of drug-likeness (QED) is 0.0230. The Morgan fingerprint density at radius 1 is 0.337 bits per heavy atom. The van der Waals surface area contributed by atoms with Gasteiger partial charge >= 0.3 is 0 Å². The molecule has 0 aliphatic heterocycles. The van der Waals surface area contributed by atoms with E-state index in [-0.39, 0.29) is 13.6 Å². The summed E-state index contributed by atoms with van der Waals surface area (Å²) in [7, 11) is 0. The lowest BCUT2D eigenvalue weighted by atomic mass is 9.80. The van der Waals surface area contributed by atoms with Crippen LogP contribution < -0.4 is 0 Å². The summed E-state index contributed by atoms with van der Waals surface area (Å²) < 4.78 is 42.0. The summed E-state index contributed by atoms with van der Waals surface area (Å²) in [5.74, 6) is 29.3. The third-order valence-corrected chi connectivity index (χ3v) is 15.6. The Hall–Kier alpha value is -8.44. The third-order valence-electron chi connectivity index (χ3n) is 15.6. The molecular formula is C78H84O8. The Bertz CT molecular complexity index is 3070. The minimum Gasteiger partial charge on any atom is -0.476 e. The van der Waals surface area contributed by atoms with Gasteiger partial charge in [-0.15, -0.1) is 0 Å². The normalized spacial score (nSPS) is 15.7. The van der Waals surface area contributed by atoms with Gasteiger partial charge in [-0.3, -0.25) is 0 Å². The monoisotopic (exact) mass is 1150 g/mol. The standard InChI is InChI=1S/2C39H42O4/c2*1-4-40-29-42-27-37-18-13-34(14-19-37)11-8-32-6-9-33(10-7-32)12-17-36-23-25-39(31(3)26-36)24-22-35-15-20-38(21-16-35)28-43-30-41-5-2/h2*4-7,9-10,15-16,20-21,23,25-26,34,37H,1-2,8,11,13-14,18-19,27-30H2,3H3. The highest BCUT2D eigenvalue weighted by Gasteiger charge is 2.22. The lowest BCUT2D eigenvalue weighted by molar-refractivity contribution is -0.0323. The SMILES string of the molecule is C=COCOCc1ccc(C#Cc2ccc(C#Cc3ccc(CCC4CCC(COCOC=C)CC4)cc3)cc2C)cc1.C=COCOCc1ccc(C#Cc2ccc(C#Cc3ccc(CCC4CCC(COCOC=C)CC4)cc3)cc2C)cc1. The molecule has 0 radical (unpaired) electrons. The van der Waals surface area contributed by atoms with Gasteiger partial charge in [0.25, 0.3) is 0 Å². The van der Waals surface area contributed by atoms with Crippen LogP contribution in [0.25, 0.3) is 0 Å². The molecule has 0 heterocycles. The van der Waals surface area contributed by atoms with Crippen molar-refractivity contribution in [3.8, 4) is 47.4 Å². The van der Waals surface area contributed by atoms with Crippen molar-refractivity contribution in [1.82, 2.24) is 0 Å². The van der Waals surface area contributed by atoms with Crippen LogP contribution in [-0.4, -0.2) is 40.4 Å². The summed E-state index contributed by atoms with van der Waals surface area (Å²) in [4.78, 5) is 0. The molecule has 0 spiro atoms. The summed E-state index contributed by atoms with van der Waals surface area (Å²) in [6, 6.07) is 45.9. The van der Waals surface area contributed by atoms with Gasteiger partial charge in [0.15, 0.2) is 27.2 Å². The van der Waals surface area contributed by atoms with E-state index in [2.05, 4.69) is 160 Å². The number of hydrogen-bond donors (Lipinski definition) is 0. The lowest BCUT2D eigenvalue weighted by Crippen LogP contribution is -2.19. The predicted molar refractivity (Wildman–Crippen MR) is 346 cm³/mol. The van der Waals surface area contributed by atoms with Gasteiger partial charge in [0.05, 0.1) is 51.5 Å². The molecule has 86 heavy (non-hydrogen) atoms. The molecular weight excluding hydrogens is 1060 g/mol. The van der Waals surface area contributed by atoms with Crippen LogP contribution >= 0.6 is 0 Å². The fourth-order valence-corrected chi connectivity index (χ4v) is 10.5. The van der Waals surface area contributed by atoms with Crippen molar-refractivity contribution >= 4 is 0 Å². The van der Waals surface area contributed by atoms with Crippen molar-refractivity contribution in [2.75, 3.05) is 40.4 Å². The van der Waals surface area contributed by atoms with E-state index in [1.54, 1.807) is 0 Å². The van der Waals surface area contributed by atoms with Gasteiger partial charge in [0.1, 0.15) is 0 Å². The van der Waals surface area contributed by atoms with Crippen molar-refractivity contribution < 1.29 is 37.9 Å². The van der Waals surface area contributed by atoms with E-state index < -0.39 is 0 Å². The fourth-order valence-electron chi connectivity index (χ4n) is 10.5. The van der Waals surface area contributed by atoms with Crippen molar-refractivity contribution in [1.29, 1.82) is 0 Å². The second-order valence-electron chi connectivity index (χ2n) is 21.9. The molecule has 6 aromatic rings. The smallest absolute Gasteiger partial charge is 0.188 e. The fraction of sp³-hybridized carbons (Fsp3) is 0.333. The Morgan fingerprint density at radius 3 is 0.942 bits per heavy atom. The third kappa shape index (κ3) is 24.3. The van der Waals surface area contributed by atoms with Crippen LogP contribution in [0.15, 0.2) is 185 Å². The topological polar surface area (TPSA) is 73.8 Å². The Labute approximate surface area is 513 Å². The van der Waals surface area contributed by atoms with E-state index in [4.69, 9.17) is 37.9 Å². The molecule has 0 bridgehead atoms. The minimum atomic E-state index is 0.199. The second-order valence-corrected chi connectivity index (χ2v) is 21.9. The highest BCUT2D eigenvalue weighted by atomic mass is 16.7. The molecule has 2 fully saturated rings. The van der Waals surface area contributed by atoms with Gasteiger partial charge in [-0.2, -0.15) is 0 Å². The van der Waals surface area contributed by atoms with Crippen molar-refractivity contribution in [3.05, 3.63) is 263 Å². The summed E-state index contributed by atoms with van der Waals surface area (Å²) in [5, 5.41) is 0. The molecule has 444 valence electrons. The summed E-state index contributed by atoms with van der Waals surface area (Å²) >= 11 is 0. The number of hydrogen-bond acceptors (Lipinski definition) is 8. The molecule has 8 rings (SSSR count). The van der Waals surface area contributed by atoms with E-state index in [1.807, 2.05) is 60.7 Å². The molecule has 0 N–H and O–H groups in total. The van der Waals surface area contributed by atoms with Crippen LogP contribution in [0.5, 0.6) is 0 Å². The first kappa shape index (κ1) is 65.1. The predicted octanol–water partition coefficient (Wildman–Crippen LogP) is 16.6. The number of rotatable bonds is 26. The van der Waals surface area contributed by atoms with Gasteiger partial charge in [0, 0.05) is 44.5 Å². The van der Waals surface area contributed by atoms with Gasteiger partial charge in [-0.1, -0.05) is 148 Å². The Balaban J connectivity index is 0.000000246. The lowest BCUT2D eigenvalue weighted by Gasteiger charge is -2.28. The highest BCUT2D eigenvalue weighted by molar-refractivity contribution is 5.53. The first-order chi connectivity index (χ1) is 42.2. The maximum atomic E-state index is 5.57. The van der Waals surface area contributed by atoms with Crippen LogP contribution in [0, 0.1) is 84.9 Å². The first-order valence-electron chi connectivity index (χ1n) is 30.1. The van der Waals surface area contributed by atoms with Crippen LogP contribution in [0.2, 0.25) is 0 Å². The molecule has 2 saturated carbocycles. The van der Waals surface area contributed by atoms with E-state index >= 15 is 0 Å².